The maximum absolute atomic E-state index is 10.8. The number of hydrogen-bond donors (Lipinski definition) is 1. The summed E-state index contributed by atoms with van der Waals surface area (Å²) < 4.78 is 0. The van der Waals surface area contributed by atoms with Gasteiger partial charge in [-0.25, -0.2) is 0 Å². The Labute approximate surface area is 80.8 Å². The lowest BCUT2D eigenvalue weighted by Crippen LogP contribution is -2.26. The van der Waals surface area contributed by atoms with Crippen LogP contribution in [0.5, 0.6) is 0 Å². The van der Waals surface area contributed by atoms with E-state index >= 15 is 0 Å². The molecular formula is C9H19ClO2. The van der Waals surface area contributed by atoms with Crippen molar-refractivity contribution < 1.29 is 9.90 Å². The van der Waals surface area contributed by atoms with Crippen LogP contribution in [0.1, 0.15) is 46.5 Å². The lowest BCUT2D eigenvalue weighted by atomic mass is 9.82. The Morgan fingerprint density at radius 3 is 2.17 bits per heavy atom. The highest BCUT2D eigenvalue weighted by molar-refractivity contribution is 5.85. The van der Waals surface area contributed by atoms with Crippen molar-refractivity contribution in [3.05, 3.63) is 0 Å². The average Bonchev–Trinajstić information content (AvgIpc) is 2.00. The van der Waals surface area contributed by atoms with Gasteiger partial charge in [0.1, 0.15) is 0 Å². The van der Waals surface area contributed by atoms with E-state index in [2.05, 4.69) is 6.92 Å². The van der Waals surface area contributed by atoms with Crippen LogP contribution in [-0.2, 0) is 4.79 Å². The van der Waals surface area contributed by atoms with E-state index in [1.54, 1.807) is 0 Å². The maximum Gasteiger partial charge on any atom is 0.309 e. The topological polar surface area (TPSA) is 37.3 Å². The number of carbonyl (C=O) groups is 1. The molecule has 0 saturated heterocycles. The van der Waals surface area contributed by atoms with Gasteiger partial charge in [-0.05, 0) is 19.8 Å². The molecule has 12 heavy (non-hydrogen) atoms. The molecule has 1 unspecified atom stereocenters. The molecule has 0 fully saturated rings. The van der Waals surface area contributed by atoms with Gasteiger partial charge in [-0.3, -0.25) is 4.79 Å². The first-order valence-corrected chi connectivity index (χ1v) is 4.30. The summed E-state index contributed by atoms with van der Waals surface area (Å²) in [6.07, 6.45) is 3.61. The fourth-order valence-electron chi connectivity index (χ4n) is 1.00. The van der Waals surface area contributed by atoms with E-state index in [0.717, 1.165) is 25.7 Å². The number of carboxylic acid groups (broad SMARTS) is 1. The van der Waals surface area contributed by atoms with Gasteiger partial charge in [-0.1, -0.05) is 26.7 Å². The van der Waals surface area contributed by atoms with Crippen molar-refractivity contribution in [2.75, 3.05) is 0 Å². The first-order chi connectivity index (χ1) is 5.06. The zero-order valence-corrected chi connectivity index (χ0v) is 8.91. The number of aliphatic carboxylic acids is 1. The van der Waals surface area contributed by atoms with Crippen molar-refractivity contribution in [3.63, 3.8) is 0 Å². The summed E-state index contributed by atoms with van der Waals surface area (Å²) in [4.78, 5) is 10.8. The lowest BCUT2D eigenvalue weighted by Gasteiger charge is -2.22. The molecule has 0 aromatic carbocycles. The van der Waals surface area contributed by atoms with Gasteiger partial charge in [0.25, 0.3) is 0 Å². The fourth-order valence-corrected chi connectivity index (χ4v) is 1.00. The second-order valence-electron chi connectivity index (χ2n) is 3.32. The van der Waals surface area contributed by atoms with Gasteiger partial charge in [0.05, 0.1) is 5.41 Å². The second kappa shape index (κ2) is 6.30. The van der Waals surface area contributed by atoms with E-state index in [0.29, 0.717) is 0 Å². The van der Waals surface area contributed by atoms with Crippen molar-refractivity contribution in [3.8, 4) is 0 Å². The van der Waals surface area contributed by atoms with Gasteiger partial charge >= 0.3 is 5.97 Å². The van der Waals surface area contributed by atoms with Gasteiger partial charge in [-0.15, -0.1) is 12.4 Å². The maximum atomic E-state index is 10.8. The van der Waals surface area contributed by atoms with Crippen molar-refractivity contribution in [1.29, 1.82) is 0 Å². The molecule has 0 aromatic heterocycles. The summed E-state index contributed by atoms with van der Waals surface area (Å²) in [6.45, 7) is 5.84. The molecule has 0 aliphatic carbocycles. The molecule has 0 heterocycles. The SMILES string of the molecule is CCCCC(C)(CC)C(=O)O.Cl. The van der Waals surface area contributed by atoms with E-state index < -0.39 is 11.4 Å². The Kier molecular flexibility index (Phi) is 7.50. The highest BCUT2D eigenvalue weighted by Gasteiger charge is 2.29. The molecule has 0 radical (unpaired) electrons. The average molecular weight is 195 g/mol. The van der Waals surface area contributed by atoms with E-state index in [1.165, 1.54) is 0 Å². The number of rotatable bonds is 5. The van der Waals surface area contributed by atoms with Crippen LogP contribution >= 0.6 is 12.4 Å². The monoisotopic (exact) mass is 194 g/mol. The van der Waals surface area contributed by atoms with Crippen molar-refractivity contribution in [2.45, 2.75) is 46.5 Å². The Hall–Kier alpha value is -0.240. The van der Waals surface area contributed by atoms with Gasteiger partial charge in [-0.2, -0.15) is 0 Å². The largest absolute Gasteiger partial charge is 0.481 e. The Balaban J connectivity index is 0. The molecule has 0 aliphatic rings. The molecule has 74 valence electrons. The zero-order valence-electron chi connectivity index (χ0n) is 8.09. The number of carboxylic acids is 1. The Morgan fingerprint density at radius 1 is 1.42 bits per heavy atom. The third-order valence-electron chi connectivity index (χ3n) is 2.38. The minimum absolute atomic E-state index is 0. The third kappa shape index (κ3) is 3.96. The minimum Gasteiger partial charge on any atom is -0.481 e. The van der Waals surface area contributed by atoms with E-state index in [1.807, 2.05) is 13.8 Å². The van der Waals surface area contributed by atoms with Crippen LogP contribution in [0.3, 0.4) is 0 Å². The van der Waals surface area contributed by atoms with E-state index in [4.69, 9.17) is 5.11 Å². The summed E-state index contributed by atoms with van der Waals surface area (Å²) in [6, 6.07) is 0. The van der Waals surface area contributed by atoms with Crippen LogP contribution in [-0.4, -0.2) is 11.1 Å². The molecule has 3 heteroatoms. The zero-order chi connectivity index (χ0) is 8.91. The van der Waals surface area contributed by atoms with Crippen LogP contribution in [0.25, 0.3) is 0 Å². The van der Waals surface area contributed by atoms with Crippen LogP contribution in [0.15, 0.2) is 0 Å². The summed E-state index contributed by atoms with van der Waals surface area (Å²) >= 11 is 0. The van der Waals surface area contributed by atoms with Crippen molar-refractivity contribution in [1.82, 2.24) is 0 Å². The summed E-state index contributed by atoms with van der Waals surface area (Å²) in [5.41, 5.74) is -0.490. The highest BCUT2D eigenvalue weighted by Crippen LogP contribution is 2.27. The summed E-state index contributed by atoms with van der Waals surface area (Å²) in [5, 5.41) is 8.86. The van der Waals surface area contributed by atoms with Crippen LogP contribution in [0.2, 0.25) is 0 Å². The molecule has 1 N–H and O–H groups in total. The molecular weight excluding hydrogens is 176 g/mol. The molecule has 0 bridgehead atoms. The molecule has 2 nitrogen and oxygen atoms in total. The van der Waals surface area contributed by atoms with Crippen molar-refractivity contribution >= 4 is 18.4 Å². The Bertz CT molecular complexity index is 136. The number of halogens is 1. The van der Waals surface area contributed by atoms with Crippen LogP contribution in [0.4, 0.5) is 0 Å². The second-order valence-corrected chi connectivity index (χ2v) is 3.32. The highest BCUT2D eigenvalue weighted by atomic mass is 35.5. The number of hydrogen-bond acceptors (Lipinski definition) is 1. The molecule has 0 spiro atoms. The lowest BCUT2D eigenvalue weighted by molar-refractivity contribution is -0.148. The quantitative estimate of drug-likeness (QED) is 0.731. The predicted molar refractivity (Wildman–Crippen MR) is 52.8 cm³/mol. The first kappa shape index (κ1) is 14.3. The normalized spacial score (nSPS) is 14.6. The number of unbranched alkanes of at least 4 members (excludes halogenated alkanes) is 1. The van der Waals surface area contributed by atoms with Crippen LogP contribution in [0, 0.1) is 5.41 Å². The summed E-state index contributed by atoms with van der Waals surface area (Å²) in [7, 11) is 0. The van der Waals surface area contributed by atoms with Crippen molar-refractivity contribution in [2.24, 2.45) is 5.41 Å². The predicted octanol–water partition coefficient (Wildman–Crippen LogP) is 3.10. The van der Waals surface area contributed by atoms with Crippen LogP contribution < -0.4 is 0 Å². The molecule has 0 amide bonds. The summed E-state index contributed by atoms with van der Waals surface area (Å²) in [5.74, 6) is -0.659. The molecule has 0 aromatic rings. The van der Waals surface area contributed by atoms with Gasteiger partial charge < -0.3 is 5.11 Å². The minimum atomic E-state index is -0.659. The van der Waals surface area contributed by atoms with Gasteiger partial charge in [0.2, 0.25) is 0 Å². The van der Waals surface area contributed by atoms with Gasteiger partial charge in [0, 0.05) is 0 Å². The van der Waals surface area contributed by atoms with E-state index in [-0.39, 0.29) is 12.4 Å². The Morgan fingerprint density at radius 2 is 1.92 bits per heavy atom. The molecule has 1 atom stereocenters. The molecule has 0 rings (SSSR count). The smallest absolute Gasteiger partial charge is 0.309 e. The third-order valence-corrected chi connectivity index (χ3v) is 2.38. The molecule has 0 saturated carbocycles. The van der Waals surface area contributed by atoms with Gasteiger partial charge in [0.15, 0.2) is 0 Å². The van der Waals surface area contributed by atoms with E-state index in [9.17, 15) is 4.79 Å². The fraction of sp³-hybridized carbons (Fsp3) is 0.889. The first-order valence-electron chi connectivity index (χ1n) is 4.30. The standard InChI is InChI=1S/C9H18O2.ClH/c1-4-6-7-9(3,5-2)8(10)11;/h4-7H2,1-3H3,(H,10,11);1H. The molecule has 0 aliphatic heterocycles.